The molecule has 1 rings (SSSR count). The predicted molar refractivity (Wildman–Crippen MR) is 65.3 cm³/mol. The molecule has 2 atom stereocenters. The van der Waals surface area contributed by atoms with Gasteiger partial charge in [-0.05, 0) is 29.7 Å². The number of nitrogens with two attached hydrogens (primary N) is 1. The molecule has 0 amide bonds. The van der Waals surface area contributed by atoms with Crippen LogP contribution in [0.2, 0.25) is 0 Å². The Bertz CT molecular complexity index is 345. The van der Waals surface area contributed by atoms with Gasteiger partial charge in [-0.1, -0.05) is 20.8 Å². The van der Waals surface area contributed by atoms with Gasteiger partial charge in [0.25, 0.3) is 0 Å². The third-order valence-electron chi connectivity index (χ3n) is 2.68. The first-order valence-electron chi connectivity index (χ1n) is 5.63. The molecule has 0 spiro atoms. The van der Waals surface area contributed by atoms with Crippen LogP contribution in [0.15, 0.2) is 24.3 Å². The molecule has 0 saturated carbocycles. The summed E-state index contributed by atoms with van der Waals surface area (Å²) in [5, 5.41) is 9.30. The fraction of sp³-hybridized carbons (Fsp3) is 0.538. The largest absolute Gasteiger partial charge is 0.486 e. The zero-order valence-corrected chi connectivity index (χ0v) is 10.5. The van der Waals surface area contributed by atoms with Crippen LogP contribution in [0.4, 0.5) is 4.39 Å². The summed E-state index contributed by atoms with van der Waals surface area (Å²) in [5.41, 5.74) is 5.85. The van der Waals surface area contributed by atoms with E-state index in [-0.39, 0.29) is 23.9 Å². The van der Waals surface area contributed by atoms with Crippen molar-refractivity contribution in [1.82, 2.24) is 0 Å². The molecule has 96 valence electrons. The Morgan fingerprint density at radius 2 is 1.82 bits per heavy atom. The first-order valence-corrected chi connectivity index (χ1v) is 5.63. The molecule has 4 heteroatoms. The van der Waals surface area contributed by atoms with Gasteiger partial charge < -0.3 is 15.6 Å². The minimum Gasteiger partial charge on any atom is -0.486 e. The van der Waals surface area contributed by atoms with Crippen molar-refractivity contribution in [2.45, 2.75) is 32.9 Å². The van der Waals surface area contributed by atoms with Crippen molar-refractivity contribution < 1.29 is 14.2 Å². The average Bonchev–Trinajstić information content (AvgIpc) is 2.26. The van der Waals surface area contributed by atoms with E-state index in [1.807, 2.05) is 20.8 Å². The molecule has 3 N–H and O–H groups in total. The van der Waals surface area contributed by atoms with Crippen LogP contribution < -0.4 is 10.5 Å². The highest BCUT2D eigenvalue weighted by molar-refractivity contribution is 5.22. The van der Waals surface area contributed by atoms with Crippen LogP contribution in [0, 0.1) is 11.2 Å². The van der Waals surface area contributed by atoms with Crippen molar-refractivity contribution in [1.29, 1.82) is 0 Å². The number of aliphatic hydroxyl groups is 1. The maximum Gasteiger partial charge on any atom is 0.137 e. The molecular weight excluding hydrogens is 221 g/mol. The van der Waals surface area contributed by atoms with Gasteiger partial charge in [-0.15, -0.1) is 0 Å². The summed E-state index contributed by atoms with van der Waals surface area (Å²) in [6.45, 7) is 5.77. The molecule has 0 aromatic heterocycles. The number of hydrogen-bond acceptors (Lipinski definition) is 3. The molecule has 1 aromatic rings. The highest BCUT2D eigenvalue weighted by atomic mass is 19.1. The van der Waals surface area contributed by atoms with E-state index >= 15 is 0 Å². The Balaban J connectivity index is 2.73. The Kier molecular flexibility index (Phi) is 4.48. The minimum absolute atomic E-state index is 0.171. The molecule has 1 aromatic carbocycles. The molecule has 0 aliphatic heterocycles. The van der Waals surface area contributed by atoms with E-state index < -0.39 is 6.10 Å². The zero-order chi connectivity index (χ0) is 13.1. The van der Waals surface area contributed by atoms with Gasteiger partial charge in [0.15, 0.2) is 0 Å². The van der Waals surface area contributed by atoms with E-state index in [1.165, 1.54) is 24.3 Å². The summed E-state index contributed by atoms with van der Waals surface area (Å²) in [5.74, 6) is 0.183. The lowest BCUT2D eigenvalue weighted by molar-refractivity contribution is 0.0591. The minimum atomic E-state index is -0.500. The third kappa shape index (κ3) is 3.98. The second-order valence-corrected chi connectivity index (χ2v) is 5.18. The molecule has 0 aliphatic rings. The molecule has 2 unspecified atom stereocenters. The number of aliphatic hydroxyl groups excluding tert-OH is 1. The molecule has 0 aliphatic carbocycles. The molecule has 0 radical (unpaired) electrons. The fourth-order valence-electron chi connectivity index (χ4n) is 1.47. The van der Waals surface area contributed by atoms with Crippen molar-refractivity contribution in [3.8, 4) is 5.75 Å². The highest BCUT2D eigenvalue weighted by Gasteiger charge is 2.30. The lowest BCUT2D eigenvalue weighted by Gasteiger charge is -2.33. The van der Waals surface area contributed by atoms with E-state index in [0.29, 0.717) is 5.75 Å². The van der Waals surface area contributed by atoms with Gasteiger partial charge in [0.1, 0.15) is 17.7 Å². The van der Waals surface area contributed by atoms with Gasteiger partial charge in [0, 0.05) is 6.04 Å². The monoisotopic (exact) mass is 241 g/mol. The number of benzene rings is 1. The summed E-state index contributed by atoms with van der Waals surface area (Å²) in [7, 11) is 0. The average molecular weight is 241 g/mol. The maximum atomic E-state index is 12.7. The summed E-state index contributed by atoms with van der Waals surface area (Å²) in [6.07, 6.45) is -0.500. The van der Waals surface area contributed by atoms with E-state index in [2.05, 4.69) is 0 Å². The molecule has 3 nitrogen and oxygen atoms in total. The van der Waals surface area contributed by atoms with Crippen molar-refractivity contribution in [3.05, 3.63) is 30.1 Å². The zero-order valence-electron chi connectivity index (χ0n) is 10.5. The van der Waals surface area contributed by atoms with Gasteiger partial charge in [-0.2, -0.15) is 0 Å². The summed E-state index contributed by atoms with van der Waals surface area (Å²) in [4.78, 5) is 0. The standard InChI is InChI=1S/C13H20FNO2/c1-13(2,3)12(15)11(8-16)17-10-6-4-9(14)5-7-10/h4-7,11-12,16H,8,15H2,1-3H3. The second-order valence-electron chi connectivity index (χ2n) is 5.18. The SMILES string of the molecule is CC(C)(C)C(N)C(CO)Oc1ccc(F)cc1. The van der Waals surface area contributed by atoms with Crippen molar-refractivity contribution in [3.63, 3.8) is 0 Å². The van der Waals surface area contributed by atoms with Gasteiger partial charge in [-0.25, -0.2) is 4.39 Å². The molecule has 0 heterocycles. The van der Waals surface area contributed by atoms with Crippen LogP contribution in [0.1, 0.15) is 20.8 Å². The van der Waals surface area contributed by atoms with Gasteiger partial charge in [0.2, 0.25) is 0 Å². The normalized spacial score (nSPS) is 15.4. The summed E-state index contributed by atoms with van der Waals surface area (Å²) < 4.78 is 18.3. The highest BCUT2D eigenvalue weighted by Crippen LogP contribution is 2.23. The van der Waals surface area contributed by atoms with Crippen LogP contribution in [-0.4, -0.2) is 23.9 Å². The predicted octanol–water partition coefficient (Wildman–Crippen LogP) is 1.94. The van der Waals surface area contributed by atoms with Gasteiger partial charge in [0.05, 0.1) is 6.61 Å². The number of rotatable bonds is 4. The number of ether oxygens (including phenoxy) is 1. The Hall–Kier alpha value is -1.13. The second kappa shape index (κ2) is 5.47. The smallest absolute Gasteiger partial charge is 0.137 e. The van der Waals surface area contributed by atoms with E-state index in [4.69, 9.17) is 10.5 Å². The number of halogens is 1. The first kappa shape index (κ1) is 13.9. The van der Waals surface area contributed by atoms with Gasteiger partial charge >= 0.3 is 0 Å². The Labute approximate surface area is 101 Å². The van der Waals surface area contributed by atoms with Gasteiger partial charge in [-0.3, -0.25) is 0 Å². The van der Waals surface area contributed by atoms with Crippen LogP contribution in [-0.2, 0) is 0 Å². The van der Waals surface area contributed by atoms with Crippen molar-refractivity contribution >= 4 is 0 Å². The van der Waals surface area contributed by atoms with E-state index in [1.54, 1.807) is 0 Å². The summed E-state index contributed by atoms with van der Waals surface area (Å²) >= 11 is 0. The van der Waals surface area contributed by atoms with Crippen LogP contribution in [0.5, 0.6) is 5.75 Å². The molecule has 17 heavy (non-hydrogen) atoms. The molecule has 0 fully saturated rings. The van der Waals surface area contributed by atoms with Crippen molar-refractivity contribution in [2.24, 2.45) is 11.1 Å². The lowest BCUT2D eigenvalue weighted by atomic mass is 9.84. The van der Waals surface area contributed by atoms with Crippen molar-refractivity contribution in [2.75, 3.05) is 6.61 Å². The Morgan fingerprint density at radius 1 is 1.29 bits per heavy atom. The fourth-order valence-corrected chi connectivity index (χ4v) is 1.47. The molecule has 0 saturated heterocycles. The maximum absolute atomic E-state index is 12.7. The Morgan fingerprint density at radius 3 is 2.24 bits per heavy atom. The number of hydrogen-bond donors (Lipinski definition) is 2. The first-order chi connectivity index (χ1) is 7.84. The van der Waals surface area contributed by atoms with E-state index in [0.717, 1.165) is 0 Å². The lowest BCUT2D eigenvalue weighted by Crippen LogP contribution is -2.49. The molecule has 0 bridgehead atoms. The van der Waals surface area contributed by atoms with E-state index in [9.17, 15) is 9.50 Å². The third-order valence-corrected chi connectivity index (χ3v) is 2.68. The topological polar surface area (TPSA) is 55.5 Å². The van der Waals surface area contributed by atoms with Crippen LogP contribution >= 0.6 is 0 Å². The molecular formula is C13H20FNO2. The van der Waals surface area contributed by atoms with Crippen LogP contribution in [0.25, 0.3) is 0 Å². The quantitative estimate of drug-likeness (QED) is 0.847. The summed E-state index contributed by atoms with van der Waals surface area (Å²) in [6, 6.07) is 5.36. The van der Waals surface area contributed by atoms with Crippen LogP contribution in [0.3, 0.4) is 0 Å².